The smallest absolute Gasteiger partial charge is 0.377 e. The topological polar surface area (TPSA) is 229 Å². The van der Waals surface area contributed by atoms with Crippen molar-refractivity contribution in [1.82, 2.24) is 40.0 Å². The highest BCUT2D eigenvalue weighted by Crippen LogP contribution is 2.34. The minimum atomic E-state index is -4.45. The Bertz CT molecular complexity index is 2220. The first-order chi connectivity index (χ1) is 35.2. The van der Waals surface area contributed by atoms with E-state index in [1.807, 2.05) is 23.1 Å². The number of nitrogens with one attached hydrogen (secondary N) is 3. The number of carbonyl (C=O) groups is 4. The Balaban J connectivity index is 0.000000275. The maximum absolute atomic E-state index is 13.2. The highest BCUT2D eigenvalue weighted by atomic mass is 19.4. The standard InChI is InChI=1S/C23H30F3N5O.C22H34N4O7.C5H5N.CH5N/c1-14(2)30(3)16-5-7-17(8-6-16)31-11-10-20(22(31)32)29-21-18-12-15(23(24,25)26)4-9-19(18)27-13-28-21;1-26-16-19(15-21(26)28)22(29)25-5-7-31-9-11-33-13-12-32-10-8-30-6-4-24-20-14-18(17-27)2-3-23-20;1-2-4-6-5-3-1;1-2/h4,9,12-14,16-17,20H,5-8,10-11H2,1-3H3,(H,27,28,29);2-3,14,17,19H,4-13,15-16H2,1H3,(H,23,24)(H,25,29);1-5H;2H2,1H3. The molecule has 3 amide bonds. The number of hydrogen-bond acceptors (Lipinski definition) is 16. The number of fused-ring (bicyclic) bond motifs is 1. The van der Waals surface area contributed by atoms with Crippen molar-refractivity contribution in [2.24, 2.45) is 11.7 Å². The zero-order valence-electron chi connectivity index (χ0n) is 42.7. The summed E-state index contributed by atoms with van der Waals surface area (Å²) in [5, 5.41) is 9.24. The van der Waals surface area contributed by atoms with Crippen molar-refractivity contribution < 1.29 is 51.3 Å². The van der Waals surface area contributed by atoms with Gasteiger partial charge in [0.15, 0.2) is 0 Å². The number of pyridine rings is 2. The number of benzene rings is 1. The SMILES string of the molecule is CC(C)N(C)C1CCC(N2CCC(Nc3ncnc4ccc(C(F)(F)F)cc34)C2=O)CC1.CN.CN1CC(C(=O)NCCOCCOCCOCCOCCNc2cc(C=O)ccn2)CC1=O.c1ccncc1. The summed E-state index contributed by atoms with van der Waals surface area (Å²) >= 11 is 0. The maximum atomic E-state index is 13.2. The summed E-state index contributed by atoms with van der Waals surface area (Å²) in [5.74, 6) is 0.543. The highest BCUT2D eigenvalue weighted by Gasteiger charge is 2.39. The average Bonchev–Trinajstić information content (AvgIpc) is 3.95. The van der Waals surface area contributed by atoms with E-state index in [1.165, 1.54) is 19.4 Å². The molecule has 3 aliphatic rings. The van der Waals surface area contributed by atoms with Gasteiger partial charge in [-0.05, 0) is 103 Å². The zero-order valence-corrected chi connectivity index (χ0v) is 42.7. The van der Waals surface area contributed by atoms with Crippen molar-refractivity contribution in [2.75, 3.05) is 111 Å². The summed E-state index contributed by atoms with van der Waals surface area (Å²) in [4.78, 5) is 69.3. The molecule has 2 aliphatic heterocycles. The Labute approximate surface area is 426 Å². The summed E-state index contributed by atoms with van der Waals surface area (Å²) in [6, 6.07) is 13.2. The quantitative estimate of drug-likeness (QED) is 0.0570. The molecule has 4 aromatic rings. The number of alkyl halides is 3. The molecule has 3 aromatic heterocycles. The Morgan fingerprint density at radius 1 is 0.849 bits per heavy atom. The minimum absolute atomic E-state index is 0.00408. The van der Waals surface area contributed by atoms with E-state index in [0.717, 1.165) is 44.1 Å². The van der Waals surface area contributed by atoms with Crippen LogP contribution >= 0.6 is 0 Å². The number of aldehydes is 1. The largest absolute Gasteiger partial charge is 0.416 e. The van der Waals surface area contributed by atoms with Crippen molar-refractivity contribution in [2.45, 2.75) is 82.7 Å². The Kier molecular flexibility index (Phi) is 26.4. The molecule has 2 unspecified atom stereocenters. The fourth-order valence-corrected chi connectivity index (χ4v) is 8.28. The van der Waals surface area contributed by atoms with Gasteiger partial charge in [0.1, 0.15) is 30.3 Å². The Morgan fingerprint density at radius 2 is 1.49 bits per heavy atom. The molecule has 0 bridgehead atoms. The lowest BCUT2D eigenvalue weighted by Crippen LogP contribution is -2.46. The van der Waals surface area contributed by atoms with Crippen LogP contribution in [0.5, 0.6) is 0 Å². The second-order valence-electron chi connectivity index (χ2n) is 17.7. The third-order valence-electron chi connectivity index (χ3n) is 12.4. The lowest BCUT2D eigenvalue weighted by atomic mass is 9.89. The van der Waals surface area contributed by atoms with Crippen LogP contribution in [0.25, 0.3) is 10.9 Å². The highest BCUT2D eigenvalue weighted by molar-refractivity contribution is 5.93. The van der Waals surface area contributed by atoms with Crippen LogP contribution in [0.15, 0.2) is 73.4 Å². The fourth-order valence-electron chi connectivity index (χ4n) is 8.28. The van der Waals surface area contributed by atoms with Crippen LogP contribution in [0, 0.1) is 5.92 Å². The third-order valence-corrected chi connectivity index (χ3v) is 12.4. The van der Waals surface area contributed by atoms with Crippen LogP contribution in [-0.4, -0.2) is 183 Å². The van der Waals surface area contributed by atoms with Gasteiger partial charge in [0.2, 0.25) is 17.7 Å². The summed E-state index contributed by atoms with van der Waals surface area (Å²) in [6.45, 7) is 10.2. The maximum Gasteiger partial charge on any atom is 0.416 e. The van der Waals surface area contributed by atoms with E-state index in [4.69, 9.17) is 18.9 Å². The number of ether oxygens (including phenoxy) is 4. The number of halogens is 3. The lowest BCUT2D eigenvalue weighted by molar-refractivity contribution is -0.137. The third kappa shape index (κ3) is 20.5. The first kappa shape index (κ1) is 59.7. The molecular formula is C51H74F3N11O8. The van der Waals surface area contributed by atoms with Gasteiger partial charge in [0.05, 0.1) is 69.9 Å². The summed E-state index contributed by atoms with van der Waals surface area (Å²) in [6.07, 6.45) is 7.68. The molecule has 5 heterocycles. The molecule has 1 aliphatic carbocycles. The molecule has 7 rings (SSSR count). The summed E-state index contributed by atoms with van der Waals surface area (Å²) in [7, 11) is 5.36. The van der Waals surface area contributed by atoms with E-state index in [1.54, 1.807) is 42.7 Å². The number of aromatic nitrogens is 4. The molecule has 402 valence electrons. The van der Waals surface area contributed by atoms with E-state index in [-0.39, 0.29) is 47.3 Å². The zero-order chi connectivity index (χ0) is 53.0. The first-order valence-electron chi connectivity index (χ1n) is 24.8. The van der Waals surface area contributed by atoms with Gasteiger partial charge in [0.25, 0.3) is 0 Å². The molecule has 22 heteroatoms. The molecule has 1 aromatic carbocycles. The van der Waals surface area contributed by atoms with Crippen LogP contribution < -0.4 is 21.7 Å². The Hall–Kier alpha value is -5.91. The van der Waals surface area contributed by atoms with Gasteiger partial charge in [0, 0.05) is 87.3 Å². The number of nitrogens with two attached hydrogens (primary N) is 1. The Morgan fingerprint density at radius 3 is 2.05 bits per heavy atom. The average molecular weight is 1030 g/mol. The molecule has 19 nitrogen and oxygen atoms in total. The van der Waals surface area contributed by atoms with Gasteiger partial charge < -0.3 is 55.3 Å². The van der Waals surface area contributed by atoms with E-state index in [9.17, 15) is 32.3 Å². The predicted octanol–water partition coefficient (Wildman–Crippen LogP) is 4.94. The minimum Gasteiger partial charge on any atom is -0.377 e. The van der Waals surface area contributed by atoms with Gasteiger partial charge in [-0.25, -0.2) is 15.0 Å². The number of hydrogen-bond donors (Lipinski definition) is 4. The van der Waals surface area contributed by atoms with Crippen LogP contribution in [0.3, 0.4) is 0 Å². The van der Waals surface area contributed by atoms with E-state index < -0.39 is 17.8 Å². The van der Waals surface area contributed by atoms with Crippen LogP contribution in [0.2, 0.25) is 0 Å². The van der Waals surface area contributed by atoms with Crippen molar-refractivity contribution in [3.8, 4) is 0 Å². The van der Waals surface area contributed by atoms with Crippen LogP contribution in [-0.2, 0) is 39.5 Å². The molecule has 0 radical (unpaired) electrons. The predicted molar refractivity (Wildman–Crippen MR) is 272 cm³/mol. The van der Waals surface area contributed by atoms with E-state index in [2.05, 4.69) is 67.4 Å². The number of likely N-dealkylation sites (tertiary alicyclic amines) is 2. The van der Waals surface area contributed by atoms with Crippen molar-refractivity contribution >= 4 is 46.5 Å². The lowest BCUT2D eigenvalue weighted by Gasteiger charge is -2.39. The van der Waals surface area contributed by atoms with Crippen LogP contribution in [0.4, 0.5) is 24.8 Å². The fraction of sp³-hybridized carbons (Fsp3) is 0.569. The number of amides is 3. The van der Waals surface area contributed by atoms with Gasteiger partial charge in [-0.1, -0.05) is 6.07 Å². The number of nitrogens with zero attached hydrogens (tertiary/aromatic N) is 7. The second-order valence-corrected chi connectivity index (χ2v) is 17.7. The molecule has 1 saturated carbocycles. The number of anilines is 2. The summed E-state index contributed by atoms with van der Waals surface area (Å²) in [5.41, 5.74) is 4.72. The molecular weight excluding hydrogens is 952 g/mol. The van der Waals surface area contributed by atoms with Crippen molar-refractivity contribution in [3.05, 3.63) is 84.6 Å². The molecule has 0 spiro atoms. The molecule has 2 atom stereocenters. The van der Waals surface area contributed by atoms with Gasteiger partial charge in [-0.2, -0.15) is 13.2 Å². The van der Waals surface area contributed by atoms with E-state index >= 15 is 0 Å². The summed E-state index contributed by atoms with van der Waals surface area (Å²) < 4.78 is 61.2. The number of rotatable bonds is 23. The van der Waals surface area contributed by atoms with Gasteiger partial charge >= 0.3 is 6.18 Å². The van der Waals surface area contributed by atoms with Crippen molar-refractivity contribution in [3.63, 3.8) is 0 Å². The molecule has 3 fully saturated rings. The van der Waals surface area contributed by atoms with Gasteiger partial charge in [-0.3, -0.25) is 24.2 Å². The monoisotopic (exact) mass is 1030 g/mol. The molecule has 2 saturated heterocycles. The first-order valence-corrected chi connectivity index (χ1v) is 24.8. The second kappa shape index (κ2) is 32.3. The molecule has 73 heavy (non-hydrogen) atoms. The van der Waals surface area contributed by atoms with Gasteiger partial charge in [-0.15, -0.1) is 0 Å². The molecule has 5 N–H and O–H groups in total. The van der Waals surface area contributed by atoms with Crippen LogP contribution in [0.1, 0.15) is 68.3 Å². The van der Waals surface area contributed by atoms with E-state index in [0.29, 0.717) is 114 Å². The van der Waals surface area contributed by atoms with Crippen molar-refractivity contribution in [1.29, 1.82) is 0 Å². The normalized spacial score (nSPS) is 18.6. The number of carbonyl (C=O) groups excluding carboxylic acids is 4.